The number of ether oxygens (including phenoxy) is 4. The SMILES string of the molecule is COc1ccc(CNC(=O)[C@H]2[C@@H]3C=C[C@@]4(CN(Cc5ccc6c(c5)OCO6)C(=O)[C@H]24)O3)cc1. The maximum Gasteiger partial charge on any atom is 0.231 e. The molecule has 4 heterocycles. The number of hydrogen-bond donors (Lipinski definition) is 1. The van der Waals surface area contributed by atoms with Gasteiger partial charge in [0.05, 0.1) is 31.6 Å². The van der Waals surface area contributed by atoms with E-state index < -0.39 is 17.4 Å². The molecule has 2 saturated heterocycles. The lowest BCUT2D eigenvalue weighted by atomic mass is 9.77. The van der Waals surface area contributed by atoms with Gasteiger partial charge in [0.25, 0.3) is 0 Å². The molecule has 0 aromatic heterocycles. The average Bonchev–Trinajstić information content (AvgIpc) is 3.59. The van der Waals surface area contributed by atoms with Crippen molar-refractivity contribution in [2.75, 3.05) is 20.4 Å². The molecular weight excluding hydrogens is 424 g/mol. The molecule has 4 atom stereocenters. The van der Waals surface area contributed by atoms with Gasteiger partial charge in [-0.1, -0.05) is 30.4 Å². The molecule has 170 valence electrons. The summed E-state index contributed by atoms with van der Waals surface area (Å²) in [4.78, 5) is 28.4. The topological polar surface area (TPSA) is 86.3 Å². The standard InChI is InChI=1S/C25H24N2O6/c1-30-17-5-2-15(3-6-17)11-26-23(28)21-19-8-9-25(33-19)13-27(24(29)22(21)25)12-16-4-7-18-20(10-16)32-14-31-18/h2-10,19,21-22H,11-14H2,1H3,(H,26,28)/t19-,21-,22-,25-/m0/s1. The van der Waals surface area contributed by atoms with Crippen LogP contribution in [0.4, 0.5) is 0 Å². The predicted octanol–water partition coefficient (Wildman–Crippen LogP) is 2.02. The largest absolute Gasteiger partial charge is 0.497 e. The molecule has 8 nitrogen and oxygen atoms in total. The first-order valence-electron chi connectivity index (χ1n) is 11.0. The van der Waals surface area contributed by atoms with E-state index in [-0.39, 0.29) is 24.7 Å². The Bertz CT molecular complexity index is 1150. The minimum atomic E-state index is -0.736. The Kier molecular flexibility index (Phi) is 4.58. The van der Waals surface area contributed by atoms with Gasteiger partial charge in [0.15, 0.2) is 11.5 Å². The van der Waals surface area contributed by atoms with Crippen molar-refractivity contribution in [3.05, 3.63) is 65.7 Å². The van der Waals surface area contributed by atoms with Crippen molar-refractivity contribution in [1.29, 1.82) is 0 Å². The molecule has 8 heteroatoms. The van der Waals surface area contributed by atoms with Crippen LogP contribution in [0.3, 0.4) is 0 Å². The number of hydrogen-bond acceptors (Lipinski definition) is 6. The van der Waals surface area contributed by atoms with Gasteiger partial charge in [0.1, 0.15) is 11.4 Å². The number of carbonyl (C=O) groups is 2. The number of nitrogens with zero attached hydrogens (tertiary/aromatic N) is 1. The highest BCUT2D eigenvalue weighted by atomic mass is 16.7. The molecule has 0 aliphatic carbocycles. The number of nitrogens with one attached hydrogen (secondary N) is 1. The molecule has 1 N–H and O–H groups in total. The van der Waals surface area contributed by atoms with Crippen molar-refractivity contribution in [3.63, 3.8) is 0 Å². The molecule has 1 spiro atoms. The maximum absolute atomic E-state index is 13.4. The molecule has 6 rings (SSSR count). The second-order valence-electron chi connectivity index (χ2n) is 8.85. The van der Waals surface area contributed by atoms with E-state index in [2.05, 4.69) is 5.32 Å². The van der Waals surface area contributed by atoms with Crippen LogP contribution in [0.15, 0.2) is 54.6 Å². The zero-order valence-electron chi connectivity index (χ0n) is 18.2. The smallest absolute Gasteiger partial charge is 0.231 e. The van der Waals surface area contributed by atoms with Crippen molar-refractivity contribution in [3.8, 4) is 17.2 Å². The van der Waals surface area contributed by atoms with Crippen molar-refractivity contribution in [2.24, 2.45) is 11.8 Å². The molecule has 2 amide bonds. The van der Waals surface area contributed by atoms with Crippen LogP contribution in [0.2, 0.25) is 0 Å². The summed E-state index contributed by atoms with van der Waals surface area (Å²) in [6, 6.07) is 13.2. The van der Waals surface area contributed by atoms with Crippen LogP contribution in [-0.2, 0) is 27.4 Å². The van der Waals surface area contributed by atoms with E-state index >= 15 is 0 Å². The van der Waals surface area contributed by atoms with Crippen LogP contribution in [-0.4, -0.2) is 48.9 Å². The van der Waals surface area contributed by atoms with Crippen LogP contribution in [0.25, 0.3) is 0 Å². The monoisotopic (exact) mass is 448 g/mol. The molecule has 4 aliphatic rings. The molecule has 33 heavy (non-hydrogen) atoms. The minimum absolute atomic E-state index is 0.0517. The lowest BCUT2D eigenvalue weighted by molar-refractivity contribution is -0.137. The fourth-order valence-corrected chi connectivity index (χ4v) is 5.32. The van der Waals surface area contributed by atoms with Gasteiger partial charge >= 0.3 is 0 Å². The van der Waals surface area contributed by atoms with E-state index in [1.165, 1.54) is 0 Å². The fraction of sp³-hybridized carbons (Fsp3) is 0.360. The predicted molar refractivity (Wildman–Crippen MR) is 117 cm³/mol. The van der Waals surface area contributed by atoms with E-state index in [4.69, 9.17) is 18.9 Å². The third-order valence-corrected chi connectivity index (χ3v) is 6.92. The maximum atomic E-state index is 13.4. The van der Waals surface area contributed by atoms with Gasteiger partial charge in [-0.3, -0.25) is 9.59 Å². The van der Waals surface area contributed by atoms with Crippen LogP contribution in [0.1, 0.15) is 11.1 Å². The summed E-state index contributed by atoms with van der Waals surface area (Å²) in [6.45, 7) is 1.44. The highest BCUT2D eigenvalue weighted by Crippen LogP contribution is 2.52. The molecule has 2 aromatic rings. The van der Waals surface area contributed by atoms with Crippen LogP contribution < -0.4 is 19.5 Å². The van der Waals surface area contributed by atoms with Crippen LogP contribution in [0, 0.1) is 11.8 Å². The van der Waals surface area contributed by atoms with Crippen molar-refractivity contribution >= 4 is 11.8 Å². The number of fused-ring (bicyclic) bond motifs is 2. The Morgan fingerprint density at radius 1 is 1.15 bits per heavy atom. The normalized spacial score (nSPS) is 28.3. The number of benzene rings is 2. The van der Waals surface area contributed by atoms with Crippen molar-refractivity contribution < 1.29 is 28.5 Å². The van der Waals surface area contributed by atoms with Gasteiger partial charge in [-0.05, 0) is 35.4 Å². The minimum Gasteiger partial charge on any atom is -0.497 e. The summed E-state index contributed by atoms with van der Waals surface area (Å²) in [7, 11) is 1.61. The summed E-state index contributed by atoms with van der Waals surface area (Å²) in [5, 5.41) is 2.99. The van der Waals surface area contributed by atoms with E-state index in [0.717, 1.165) is 16.9 Å². The third-order valence-electron chi connectivity index (χ3n) is 6.92. The summed E-state index contributed by atoms with van der Waals surface area (Å²) in [6.07, 6.45) is 3.51. The second kappa shape index (κ2) is 7.52. The molecule has 0 saturated carbocycles. The zero-order chi connectivity index (χ0) is 22.6. The molecule has 4 aliphatic heterocycles. The highest BCUT2D eigenvalue weighted by Gasteiger charge is 2.66. The second-order valence-corrected chi connectivity index (χ2v) is 8.85. The average molecular weight is 448 g/mol. The summed E-state index contributed by atoms with van der Waals surface area (Å²) in [5.41, 5.74) is 1.17. The number of methoxy groups -OCH3 is 1. The quantitative estimate of drug-likeness (QED) is 0.681. The number of rotatable bonds is 6. The zero-order valence-corrected chi connectivity index (χ0v) is 18.2. The van der Waals surface area contributed by atoms with E-state index in [9.17, 15) is 9.59 Å². The van der Waals surface area contributed by atoms with Gasteiger partial charge in [0, 0.05) is 13.1 Å². The Labute approximate surface area is 191 Å². The summed E-state index contributed by atoms with van der Waals surface area (Å²) < 4.78 is 22.2. The Morgan fingerprint density at radius 2 is 1.94 bits per heavy atom. The molecular formula is C25H24N2O6. The van der Waals surface area contributed by atoms with Crippen LogP contribution in [0.5, 0.6) is 17.2 Å². The summed E-state index contributed by atoms with van der Waals surface area (Å²) >= 11 is 0. The lowest BCUT2D eigenvalue weighted by Gasteiger charge is -2.23. The number of likely N-dealkylation sites (tertiary alicyclic amines) is 1. The van der Waals surface area contributed by atoms with E-state index in [1.807, 2.05) is 54.6 Å². The Hall–Kier alpha value is -3.52. The van der Waals surface area contributed by atoms with Gasteiger partial charge < -0.3 is 29.2 Å². The van der Waals surface area contributed by atoms with Gasteiger partial charge in [-0.15, -0.1) is 0 Å². The first kappa shape index (κ1) is 20.1. The third kappa shape index (κ3) is 3.24. The first-order chi connectivity index (χ1) is 16.1. The van der Waals surface area contributed by atoms with Gasteiger partial charge in [-0.2, -0.15) is 0 Å². The molecule has 2 aromatic carbocycles. The molecule has 0 radical (unpaired) electrons. The van der Waals surface area contributed by atoms with Gasteiger partial charge in [0.2, 0.25) is 18.6 Å². The highest BCUT2D eigenvalue weighted by molar-refractivity contribution is 5.93. The first-order valence-corrected chi connectivity index (χ1v) is 11.0. The lowest BCUT2D eigenvalue weighted by Crippen LogP contribution is -2.43. The van der Waals surface area contributed by atoms with Crippen molar-refractivity contribution in [2.45, 2.75) is 24.8 Å². The van der Waals surface area contributed by atoms with Gasteiger partial charge in [-0.25, -0.2) is 0 Å². The Morgan fingerprint density at radius 3 is 2.76 bits per heavy atom. The fourth-order valence-electron chi connectivity index (χ4n) is 5.32. The molecule has 2 fully saturated rings. The van der Waals surface area contributed by atoms with E-state index in [1.54, 1.807) is 12.0 Å². The van der Waals surface area contributed by atoms with Crippen molar-refractivity contribution in [1.82, 2.24) is 10.2 Å². The number of carbonyl (C=O) groups excluding carboxylic acids is 2. The molecule has 2 bridgehead atoms. The van der Waals surface area contributed by atoms with Crippen LogP contribution >= 0.6 is 0 Å². The summed E-state index contributed by atoms with van der Waals surface area (Å²) in [5.74, 6) is 0.887. The number of amides is 2. The molecule has 0 unspecified atom stereocenters. The Balaban J connectivity index is 1.16. The van der Waals surface area contributed by atoms with E-state index in [0.29, 0.717) is 31.1 Å².